The van der Waals surface area contributed by atoms with Gasteiger partial charge in [-0.3, -0.25) is 11.3 Å². The molecule has 0 radical (unpaired) electrons. The minimum Gasteiger partial charge on any atom is -0.378 e. The van der Waals surface area contributed by atoms with E-state index in [1.807, 2.05) is 0 Å². The number of rotatable bonds is 6. The van der Waals surface area contributed by atoms with Crippen LogP contribution >= 0.6 is 0 Å². The quantitative estimate of drug-likeness (QED) is 0.572. The molecular weight excluding hydrogens is 236 g/mol. The number of nitrogens with two attached hydrogens (primary N) is 1. The zero-order valence-corrected chi connectivity index (χ0v) is 12.4. The zero-order chi connectivity index (χ0) is 13.3. The van der Waals surface area contributed by atoms with E-state index in [4.69, 9.17) is 10.6 Å². The summed E-state index contributed by atoms with van der Waals surface area (Å²) in [6.45, 7) is 0.978. The molecule has 2 unspecified atom stereocenters. The molecule has 2 atom stereocenters. The van der Waals surface area contributed by atoms with Gasteiger partial charge in [0.1, 0.15) is 0 Å². The predicted molar refractivity (Wildman–Crippen MR) is 79.7 cm³/mol. The summed E-state index contributed by atoms with van der Waals surface area (Å²) in [7, 11) is 0. The Morgan fingerprint density at radius 3 is 2.37 bits per heavy atom. The fraction of sp³-hybridized carbons (Fsp3) is 1.00. The Labute approximate surface area is 118 Å². The van der Waals surface area contributed by atoms with Crippen LogP contribution in [0.15, 0.2) is 0 Å². The van der Waals surface area contributed by atoms with Crippen molar-refractivity contribution in [1.82, 2.24) is 5.43 Å². The van der Waals surface area contributed by atoms with E-state index >= 15 is 0 Å². The first-order valence-electron chi connectivity index (χ1n) is 8.48. The van der Waals surface area contributed by atoms with E-state index in [1.165, 1.54) is 77.0 Å². The Hall–Kier alpha value is -0.120. The van der Waals surface area contributed by atoms with Gasteiger partial charge < -0.3 is 4.74 Å². The van der Waals surface area contributed by atoms with Gasteiger partial charge in [-0.05, 0) is 50.9 Å². The van der Waals surface area contributed by atoms with E-state index in [9.17, 15) is 0 Å². The second-order valence-electron chi connectivity index (χ2n) is 6.44. The molecule has 3 nitrogen and oxygen atoms in total. The van der Waals surface area contributed by atoms with Crippen molar-refractivity contribution in [2.45, 2.75) is 89.2 Å². The van der Waals surface area contributed by atoms with Gasteiger partial charge in [0.25, 0.3) is 0 Å². The Balaban J connectivity index is 1.67. The standard InChI is InChI=1S/C16H32N2O/c17-18-16(12-6-10-15-11-7-13-19-15)14-8-4-2-1-3-5-9-14/h14-16,18H,1-13,17H2. The van der Waals surface area contributed by atoms with Crippen LogP contribution in [-0.2, 0) is 4.74 Å². The monoisotopic (exact) mass is 268 g/mol. The molecule has 112 valence electrons. The summed E-state index contributed by atoms with van der Waals surface area (Å²) >= 11 is 0. The van der Waals surface area contributed by atoms with Crippen LogP contribution in [0.5, 0.6) is 0 Å². The van der Waals surface area contributed by atoms with Crippen molar-refractivity contribution >= 4 is 0 Å². The predicted octanol–water partition coefficient (Wildman–Crippen LogP) is 3.53. The lowest BCUT2D eigenvalue weighted by atomic mass is 9.84. The highest BCUT2D eigenvalue weighted by atomic mass is 16.5. The van der Waals surface area contributed by atoms with Crippen molar-refractivity contribution in [2.24, 2.45) is 11.8 Å². The van der Waals surface area contributed by atoms with Crippen LogP contribution in [-0.4, -0.2) is 18.8 Å². The summed E-state index contributed by atoms with van der Waals surface area (Å²) in [5.74, 6) is 6.61. The molecule has 1 aliphatic carbocycles. The van der Waals surface area contributed by atoms with Crippen LogP contribution in [0.2, 0.25) is 0 Å². The lowest BCUT2D eigenvalue weighted by Gasteiger charge is -2.28. The lowest BCUT2D eigenvalue weighted by Crippen LogP contribution is -2.41. The smallest absolute Gasteiger partial charge is 0.0576 e. The Kier molecular flexibility index (Phi) is 7.18. The normalized spacial score (nSPS) is 27.9. The fourth-order valence-corrected chi connectivity index (χ4v) is 3.78. The van der Waals surface area contributed by atoms with Gasteiger partial charge in [-0.2, -0.15) is 0 Å². The maximum Gasteiger partial charge on any atom is 0.0576 e. The van der Waals surface area contributed by atoms with Gasteiger partial charge in [-0.1, -0.05) is 32.1 Å². The van der Waals surface area contributed by atoms with E-state index in [0.29, 0.717) is 12.1 Å². The van der Waals surface area contributed by atoms with Gasteiger partial charge in [-0.25, -0.2) is 0 Å². The van der Waals surface area contributed by atoms with E-state index in [1.54, 1.807) is 0 Å². The highest BCUT2D eigenvalue weighted by Crippen LogP contribution is 2.27. The van der Waals surface area contributed by atoms with Crippen molar-refractivity contribution in [3.63, 3.8) is 0 Å². The van der Waals surface area contributed by atoms with Crippen LogP contribution in [0.4, 0.5) is 0 Å². The molecule has 0 amide bonds. The SMILES string of the molecule is NNC(CCCC1CCCO1)C1CCCCCCC1. The van der Waals surface area contributed by atoms with Crippen LogP contribution < -0.4 is 11.3 Å². The van der Waals surface area contributed by atoms with Crippen LogP contribution in [0.25, 0.3) is 0 Å². The van der Waals surface area contributed by atoms with Gasteiger partial charge in [0, 0.05) is 12.6 Å². The summed E-state index contributed by atoms with van der Waals surface area (Å²) in [6.07, 6.45) is 16.6. The average molecular weight is 268 g/mol. The molecule has 2 rings (SSSR count). The Bertz CT molecular complexity index is 221. The molecule has 19 heavy (non-hydrogen) atoms. The second-order valence-corrected chi connectivity index (χ2v) is 6.44. The summed E-state index contributed by atoms with van der Waals surface area (Å²) < 4.78 is 5.70. The third kappa shape index (κ3) is 5.41. The summed E-state index contributed by atoms with van der Waals surface area (Å²) in [6, 6.07) is 0.527. The molecule has 2 fully saturated rings. The van der Waals surface area contributed by atoms with Crippen molar-refractivity contribution in [2.75, 3.05) is 6.61 Å². The second kappa shape index (κ2) is 8.93. The number of ether oxygens (including phenoxy) is 1. The van der Waals surface area contributed by atoms with Crippen LogP contribution in [0.1, 0.15) is 77.0 Å². The molecule has 0 bridgehead atoms. The first-order chi connectivity index (χ1) is 9.40. The van der Waals surface area contributed by atoms with Gasteiger partial charge in [-0.15, -0.1) is 0 Å². The van der Waals surface area contributed by atoms with Gasteiger partial charge >= 0.3 is 0 Å². The summed E-state index contributed by atoms with van der Waals surface area (Å²) in [4.78, 5) is 0. The molecule has 3 N–H and O–H groups in total. The summed E-state index contributed by atoms with van der Waals surface area (Å²) in [5, 5.41) is 0. The molecule has 1 saturated carbocycles. The highest BCUT2D eigenvalue weighted by molar-refractivity contribution is 4.77. The van der Waals surface area contributed by atoms with Crippen molar-refractivity contribution < 1.29 is 4.74 Å². The van der Waals surface area contributed by atoms with Gasteiger partial charge in [0.05, 0.1) is 6.10 Å². The first-order valence-corrected chi connectivity index (χ1v) is 8.48. The third-order valence-corrected chi connectivity index (χ3v) is 5.00. The van der Waals surface area contributed by atoms with E-state index in [-0.39, 0.29) is 0 Å². The van der Waals surface area contributed by atoms with Crippen LogP contribution in [0, 0.1) is 5.92 Å². The highest BCUT2D eigenvalue weighted by Gasteiger charge is 2.22. The maximum atomic E-state index is 5.81. The van der Waals surface area contributed by atoms with E-state index in [2.05, 4.69) is 5.43 Å². The fourth-order valence-electron chi connectivity index (χ4n) is 3.78. The number of hydrogen-bond donors (Lipinski definition) is 2. The number of hydrazine groups is 1. The third-order valence-electron chi connectivity index (χ3n) is 5.00. The molecule has 0 aromatic carbocycles. The van der Waals surface area contributed by atoms with E-state index < -0.39 is 0 Å². The molecular formula is C16H32N2O. The number of nitrogens with one attached hydrogen (secondary N) is 1. The van der Waals surface area contributed by atoms with E-state index in [0.717, 1.165) is 12.5 Å². The van der Waals surface area contributed by atoms with Crippen molar-refractivity contribution in [1.29, 1.82) is 0 Å². The molecule has 2 aliphatic rings. The molecule has 0 aromatic rings. The Morgan fingerprint density at radius 2 is 1.74 bits per heavy atom. The molecule has 1 aliphatic heterocycles. The van der Waals surface area contributed by atoms with Crippen molar-refractivity contribution in [3.8, 4) is 0 Å². The molecule has 3 heteroatoms. The van der Waals surface area contributed by atoms with Crippen LogP contribution in [0.3, 0.4) is 0 Å². The average Bonchev–Trinajstić information content (AvgIpc) is 2.88. The Morgan fingerprint density at radius 1 is 1.00 bits per heavy atom. The molecule has 1 saturated heterocycles. The minimum atomic E-state index is 0.527. The largest absolute Gasteiger partial charge is 0.378 e. The van der Waals surface area contributed by atoms with Gasteiger partial charge in [0.15, 0.2) is 0 Å². The molecule has 1 heterocycles. The first kappa shape index (κ1) is 15.3. The minimum absolute atomic E-state index is 0.527. The molecule has 0 spiro atoms. The number of hydrogen-bond acceptors (Lipinski definition) is 3. The van der Waals surface area contributed by atoms with Gasteiger partial charge in [0.2, 0.25) is 0 Å². The topological polar surface area (TPSA) is 47.3 Å². The lowest BCUT2D eigenvalue weighted by molar-refractivity contribution is 0.1000. The maximum absolute atomic E-state index is 5.81. The zero-order valence-electron chi connectivity index (χ0n) is 12.4. The summed E-state index contributed by atoms with van der Waals surface area (Å²) in [5.41, 5.74) is 3.10. The molecule has 0 aromatic heterocycles. The van der Waals surface area contributed by atoms with Crippen molar-refractivity contribution in [3.05, 3.63) is 0 Å².